The molecule has 0 aliphatic heterocycles. The molecule has 1 aromatic rings. The van der Waals surface area contributed by atoms with Crippen LogP contribution in [0.1, 0.15) is 43.9 Å². The molecule has 1 aromatic heterocycles. The average Bonchev–Trinajstić information content (AvgIpc) is 3.05. The van der Waals surface area contributed by atoms with Crippen LogP contribution in [0.5, 0.6) is 0 Å². The van der Waals surface area contributed by atoms with Crippen molar-refractivity contribution in [2.75, 3.05) is 20.2 Å². The zero-order chi connectivity index (χ0) is 14.6. The van der Waals surface area contributed by atoms with Crippen LogP contribution in [0.2, 0.25) is 0 Å². The Morgan fingerprint density at radius 1 is 1.45 bits per heavy atom. The highest BCUT2D eigenvalue weighted by Crippen LogP contribution is 2.38. The van der Waals surface area contributed by atoms with Crippen molar-refractivity contribution >= 4 is 0 Å². The van der Waals surface area contributed by atoms with Gasteiger partial charge in [0.15, 0.2) is 0 Å². The second kappa shape index (κ2) is 6.43. The Morgan fingerprint density at radius 3 is 2.65 bits per heavy atom. The highest BCUT2D eigenvalue weighted by atomic mass is 16.3. The molecule has 0 atom stereocenters. The highest BCUT2D eigenvalue weighted by Gasteiger charge is 2.34. The Morgan fingerprint density at radius 2 is 2.15 bits per heavy atom. The summed E-state index contributed by atoms with van der Waals surface area (Å²) in [4.78, 5) is 2.28. The van der Waals surface area contributed by atoms with Crippen molar-refractivity contribution in [3.8, 4) is 6.07 Å². The second-order valence-electron chi connectivity index (χ2n) is 6.17. The van der Waals surface area contributed by atoms with Gasteiger partial charge in [-0.2, -0.15) is 5.26 Å². The minimum absolute atomic E-state index is 0.0974. The summed E-state index contributed by atoms with van der Waals surface area (Å²) in [5.41, 5.74) is 2.01. The van der Waals surface area contributed by atoms with Crippen molar-refractivity contribution in [3.63, 3.8) is 0 Å². The van der Waals surface area contributed by atoms with Gasteiger partial charge in [0.05, 0.1) is 0 Å². The van der Waals surface area contributed by atoms with Gasteiger partial charge >= 0.3 is 0 Å². The second-order valence-corrected chi connectivity index (χ2v) is 6.17. The van der Waals surface area contributed by atoms with E-state index in [0.29, 0.717) is 0 Å². The molecule has 4 nitrogen and oxygen atoms in total. The number of nitriles is 1. The van der Waals surface area contributed by atoms with Gasteiger partial charge in [0.2, 0.25) is 0 Å². The molecule has 0 amide bonds. The lowest BCUT2D eigenvalue weighted by Gasteiger charge is -2.31. The van der Waals surface area contributed by atoms with Crippen molar-refractivity contribution in [1.29, 1.82) is 5.26 Å². The van der Waals surface area contributed by atoms with Gasteiger partial charge in [0.1, 0.15) is 11.8 Å². The molecular formula is C16H25N3O. The smallest absolute Gasteiger partial charge is 0.120 e. The maximum absolute atomic E-state index is 9.68. The van der Waals surface area contributed by atoms with Crippen LogP contribution in [0.3, 0.4) is 0 Å². The van der Waals surface area contributed by atoms with Crippen molar-refractivity contribution in [2.24, 2.45) is 5.41 Å². The molecule has 1 heterocycles. The number of aryl methyl sites for hydroxylation is 1. The fourth-order valence-electron chi connectivity index (χ4n) is 3.44. The van der Waals surface area contributed by atoms with Gasteiger partial charge in [-0.3, -0.25) is 0 Å². The number of aliphatic hydroxyl groups excluding tert-OH is 1. The van der Waals surface area contributed by atoms with Crippen LogP contribution >= 0.6 is 0 Å². The number of aliphatic hydroxyl groups is 1. The van der Waals surface area contributed by atoms with E-state index in [4.69, 9.17) is 5.26 Å². The molecule has 1 aliphatic carbocycles. The third kappa shape index (κ3) is 3.23. The summed E-state index contributed by atoms with van der Waals surface area (Å²) in [5.74, 6) is 0. The summed E-state index contributed by atoms with van der Waals surface area (Å²) in [6.45, 7) is 4.93. The molecular weight excluding hydrogens is 250 g/mol. The lowest BCUT2D eigenvalue weighted by molar-refractivity contribution is 0.0864. The summed E-state index contributed by atoms with van der Waals surface area (Å²) in [6, 6.07) is 4.21. The van der Waals surface area contributed by atoms with E-state index in [1.807, 2.05) is 17.6 Å². The molecule has 1 saturated carbocycles. The lowest BCUT2D eigenvalue weighted by Crippen LogP contribution is -2.36. The Bertz CT molecular complexity index is 480. The quantitative estimate of drug-likeness (QED) is 0.867. The van der Waals surface area contributed by atoms with Crippen LogP contribution in [-0.2, 0) is 13.1 Å². The van der Waals surface area contributed by atoms with Gasteiger partial charge in [0, 0.05) is 37.9 Å². The largest absolute Gasteiger partial charge is 0.396 e. The number of nitrogens with zero attached hydrogens (tertiary/aromatic N) is 3. The summed E-state index contributed by atoms with van der Waals surface area (Å²) in [5, 5.41) is 18.8. The van der Waals surface area contributed by atoms with Crippen LogP contribution in [0, 0.1) is 16.7 Å². The van der Waals surface area contributed by atoms with E-state index in [1.165, 1.54) is 18.4 Å². The van der Waals surface area contributed by atoms with E-state index in [9.17, 15) is 5.11 Å². The van der Waals surface area contributed by atoms with E-state index < -0.39 is 0 Å². The molecule has 20 heavy (non-hydrogen) atoms. The maximum atomic E-state index is 9.68. The first kappa shape index (κ1) is 15.1. The van der Waals surface area contributed by atoms with Gasteiger partial charge in [-0.05, 0) is 38.4 Å². The topological polar surface area (TPSA) is 52.2 Å². The predicted molar refractivity (Wildman–Crippen MR) is 79.1 cm³/mol. The summed E-state index contributed by atoms with van der Waals surface area (Å²) < 4.78 is 1.99. The van der Waals surface area contributed by atoms with Gasteiger partial charge < -0.3 is 14.6 Å². The number of aromatic nitrogens is 1. The van der Waals surface area contributed by atoms with E-state index in [0.717, 1.165) is 38.2 Å². The van der Waals surface area contributed by atoms with E-state index >= 15 is 0 Å². The summed E-state index contributed by atoms with van der Waals surface area (Å²) >= 11 is 0. The maximum Gasteiger partial charge on any atom is 0.120 e. The molecule has 0 saturated heterocycles. The minimum atomic E-state index is 0.0974. The highest BCUT2D eigenvalue weighted by molar-refractivity contribution is 5.28. The first-order chi connectivity index (χ1) is 9.62. The molecule has 0 aromatic carbocycles. The third-order valence-electron chi connectivity index (χ3n) is 4.47. The monoisotopic (exact) mass is 275 g/mol. The Balaban J connectivity index is 1.99. The number of hydrogen-bond donors (Lipinski definition) is 1. The standard InChI is InChI=1S/C16H25N3O/c1-3-19-11-14(8-15(19)9-17)10-18(2)12-16(13-20)6-4-5-7-16/h8,11,20H,3-7,10,12-13H2,1-2H3. The summed E-state index contributed by atoms with van der Waals surface area (Å²) in [7, 11) is 2.10. The Hall–Kier alpha value is -1.31. The molecule has 0 radical (unpaired) electrons. The molecule has 0 unspecified atom stereocenters. The molecule has 2 rings (SSSR count). The molecule has 0 bridgehead atoms. The zero-order valence-electron chi connectivity index (χ0n) is 12.6. The normalized spacial score (nSPS) is 17.6. The van der Waals surface area contributed by atoms with Crippen molar-refractivity contribution in [3.05, 3.63) is 23.5 Å². The van der Waals surface area contributed by atoms with Gasteiger partial charge in [-0.25, -0.2) is 0 Å². The van der Waals surface area contributed by atoms with Crippen molar-refractivity contribution < 1.29 is 5.11 Å². The first-order valence-electron chi connectivity index (χ1n) is 7.51. The average molecular weight is 275 g/mol. The summed E-state index contributed by atoms with van der Waals surface area (Å²) in [6.07, 6.45) is 6.80. The molecule has 1 N–H and O–H groups in total. The SMILES string of the molecule is CCn1cc(CN(C)CC2(CO)CCCC2)cc1C#N. The molecule has 1 fully saturated rings. The van der Waals surface area contributed by atoms with E-state index in [-0.39, 0.29) is 12.0 Å². The Labute approximate surface area is 121 Å². The molecule has 4 heteroatoms. The third-order valence-corrected chi connectivity index (χ3v) is 4.47. The lowest BCUT2D eigenvalue weighted by atomic mass is 9.86. The fourth-order valence-corrected chi connectivity index (χ4v) is 3.44. The van der Waals surface area contributed by atoms with Crippen molar-refractivity contribution in [1.82, 2.24) is 9.47 Å². The van der Waals surface area contributed by atoms with E-state index in [1.54, 1.807) is 0 Å². The van der Waals surface area contributed by atoms with Gasteiger partial charge in [0.25, 0.3) is 0 Å². The van der Waals surface area contributed by atoms with Crippen LogP contribution in [0.25, 0.3) is 0 Å². The first-order valence-corrected chi connectivity index (χ1v) is 7.51. The number of hydrogen-bond acceptors (Lipinski definition) is 3. The van der Waals surface area contributed by atoms with Crippen molar-refractivity contribution in [2.45, 2.75) is 45.7 Å². The van der Waals surface area contributed by atoms with Gasteiger partial charge in [-0.15, -0.1) is 0 Å². The van der Waals surface area contributed by atoms with Crippen LogP contribution < -0.4 is 0 Å². The Kier molecular flexibility index (Phi) is 4.85. The van der Waals surface area contributed by atoms with Crippen LogP contribution in [0.15, 0.2) is 12.3 Å². The van der Waals surface area contributed by atoms with Crippen LogP contribution in [0.4, 0.5) is 0 Å². The molecule has 1 aliphatic rings. The molecule has 110 valence electrons. The van der Waals surface area contributed by atoms with Gasteiger partial charge in [-0.1, -0.05) is 12.8 Å². The zero-order valence-corrected chi connectivity index (χ0v) is 12.6. The molecule has 0 spiro atoms. The minimum Gasteiger partial charge on any atom is -0.396 e. The predicted octanol–water partition coefficient (Wildman–Crippen LogP) is 2.36. The fraction of sp³-hybridized carbons (Fsp3) is 0.688. The van der Waals surface area contributed by atoms with E-state index in [2.05, 4.69) is 24.2 Å². The van der Waals surface area contributed by atoms with Crippen LogP contribution in [-0.4, -0.2) is 34.8 Å². The number of rotatable bonds is 6.